The van der Waals surface area contributed by atoms with E-state index in [1.807, 2.05) is 0 Å². The number of rotatable bonds is 2. The maximum atomic E-state index is 11.4. The Morgan fingerprint density at radius 2 is 1.64 bits per heavy atom. The Bertz CT molecular complexity index is 196. The maximum Gasteiger partial charge on any atom is 0.251 e. The van der Waals surface area contributed by atoms with Gasteiger partial charge in [0.15, 0.2) is 0 Å². The fourth-order valence-corrected chi connectivity index (χ4v) is 1.72. The normalized spacial score (nSPS) is 21.4. The SMILES string of the molecule is CC(O)C(=O)N1CCN(C(C)C)CC1. The van der Waals surface area contributed by atoms with Crippen molar-refractivity contribution in [3.63, 3.8) is 0 Å². The van der Waals surface area contributed by atoms with Crippen LogP contribution in [0.1, 0.15) is 20.8 Å². The van der Waals surface area contributed by atoms with Gasteiger partial charge in [-0.2, -0.15) is 0 Å². The van der Waals surface area contributed by atoms with Crippen molar-refractivity contribution in [1.82, 2.24) is 9.80 Å². The standard InChI is InChI=1S/C10H20N2O2/c1-8(2)11-4-6-12(7-5-11)10(14)9(3)13/h8-9,13H,4-7H2,1-3H3. The van der Waals surface area contributed by atoms with Crippen LogP contribution < -0.4 is 0 Å². The smallest absolute Gasteiger partial charge is 0.251 e. The molecule has 0 bridgehead atoms. The van der Waals surface area contributed by atoms with E-state index in [0.29, 0.717) is 6.04 Å². The Morgan fingerprint density at radius 3 is 2.00 bits per heavy atom. The molecule has 0 aliphatic carbocycles. The lowest BCUT2D eigenvalue weighted by atomic mass is 10.2. The zero-order valence-corrected chi connectivity index (χ0v) is 9.23. The summed E-state index contributed by atoms with van der Waals surface area (Å²) in [6.07, 6.45) is -0.861. The van der Waals surface area contributed by atoms with Gasteiger partial charge in [-0.15, -0.1) is 0 Å². The van der Waals surface area contributed by atoms with E-state index < -0.39 is 6.10 Å². The minimum atomic E-state index is -0.861. The number of piperazine rings is 1. The van der Waals surface area contributed by atoms with Crippen LogP contribution in [-0.2, 0) is 4.79 Å². The van der Waals surface area contributed by atoms with Gasteiger partial charge in [-0.1, -0.05) is 0 Å². The molecule has 1 unspecified atom stereocenters. The topological polar surface area (TPSA) is 43.8 Å². The van der Waals surface area contributed by atoms with Gasteiger partial charge in [0.05, 0.1) is 0 Å². The van der Waals surface area contributed by atoms with Crippen molar-refractivity contribution < 1.29 is 9.90 Å². The van der Waals surface area contributed by atoms with E-state index in [9.17, 15) is 4.79 Å². The Labute approximate surface area is 85.5 Å². The van der Waals surface area contributed by atoms with Gasteiger partial charge in [0.2, 0.25) is 0 Å². The van der Waals surface area contributed by atoms with Crippen LogP contribution in [-0.4, -0.2) is 59.1 Å². The molecular weight excluding hydrogens is 180 g/mol. The Balaban J connectivity index is 2.39. The van der Waals surface area contributed by atoms with Gasteiger partial charge < -0.3 is 10.0 Å². The second-order valence-corrected chi connectivity index (χ2v) is 4.13. The van der Waals surface area contributed by atoms with Crippen molar-refractivity contribution in [1.29, 1.82) is 0 Å². The molecule has 0 saturated carbocycles. The van der Waals surface area contributed by atoms with Crippen LogP contribution in [0.2, 0.25) is 0 Å². The van der Waals surface area contributed by atoms with Gasteiger partial charge in [0.1, 0.15) is 6.10 Å². The summed E-state index contributed by atoms with van der Waals surface area (Å²) in [5.41, 5.74) is 0. The summed E-state index contributed by atoms with van der Waals surface area (Å²) >= 11 is 0. The van der Waals surface area contributed by atoms with E-state index >= 15 is 0 Å². The summed E-state index contributed by atoms with van der Waals surface area (Å²) in [4.78, 5) is 15.5. The van der Waals surface area contributed by atoms with E-state index in [0.717, 1.165) is 26.2 Å². The molecule has 1 saturated heterocycles. The molecule has 0 aromatic carbocycles. The van der Waals surface area contributed by atoms with Crippen LogP contribution in [0.25, 0.3) is 0 Å². The van der Waals surface area contributed by atoms with E-state index in [4.69, 9.17) is 5.11 Å². The van der Waals surface area contributed by atoms with Gasteiger partial charge >= 0.3 is 0 Å². The molecule has 0 radical (unpaired) electrons. The first kappa shape index (κ1) is 11.5. The average Bonchev–Trinajstić information content (AvgIpc) is 2.16. The van der Waals surface area contributed by atoms with Crippen LogP contribution in [0, 0.1) is 0 Å². The van der Waals surface area contributed by atoms with Crippen molar-refractivity contribution in [2.24, 2.45) is 0 Å². The summed E-state index contributed by atoms with van der Waals surface area (Å²) in [6.45, 7) is 9.14. The number of carbonyl (C=O) groups is 1. The largest absolute Gasteiger partial charge is 0.384 e. The summed E-state index contributed by atoms with van der Waals surface area (Å²) < 4.78 is 0. The maximum absolute atomic E-state index is 11.4. The van der Waals surface area contributed by atoms with Gasteiger partial charge in [0.25, 0.3) is 5.91 Å². The Morgan fingerprint density at radius 1 is 1.14 bits per heavy atom. The van der Waals surface area contributed by atoms with Crippen molar-refractivity contribution in [2.45, 2.75) is 32.9 Å². The van der Waals surface area contributed by atoms with Crippen LogP contribution in [0.3, 0.4) is 0 Å². The van der Waals surface area contributed by atoms with Crippen molar-refractivity contribution in [2.75, 3.05) is 26.2 Å². The molecule has 0 spiro atoms. The average molecular weight is 200 g/mol. The number of aliphatic hydroxyl groups is 1. The first-order chi connectivity index (χ1) is 6.52. The molecule has 82 valence electrons. The molecular formula is C10H20N2O2. The quantitative estimate of drug-likeness (QED) is 0.678. The summed E-state index contributed by atoms with van der Waals surface area (Å²) in [6, 6.07) is 0.541. The minimum absolute atomic E-state index is 0.145. The highest BCUT2D eigenvalue weighted by atomic mass is 16.3. The number of aliphatic hydroxyl groups excluding tert-OH is 1. The molecule has 1 amide bonds. The molecule has 1 aliphatic rings. The van der Waals surface area contributed by atoms with Gasteiger partial charge in [-0.3, -0.25) is 9.69 Å². The Hall–Kier alpha value is -0.610. The predicted molar refractivity (Wildman–Crippen MR) is 55.0 cm³/mol. The first-order valence-corrected chi connectivity index (χ1v) is 5.23. The molecule has 1 aliphatic heterocycles. The number of carbonyl (C=O) groups excluding carboxylic acids is 1. The Kier molecular flexibility index (Phi) is 3.89. The van der Waals surface area contributed by atoms with Crippen molar-refractivity contribution >= 4 is 5.91 Å². The van der Waals surface area contributed by atoms with Gasteiger partial charge in [0, 0.05) is 32.2 Å². The molecule has 1 rings (SSSR count). The number of hydrogen-bond donors (Lipinski definition) is 1. The van der Waals surface area contributed by atoms with Crippen LogP contribution in [0.4, 0.5) is 0 Å². The number of amides is 1. The van der Waals surface area contributed by atoms with E-state index in [-0.39, 0.29) is 5.91 Å². The molecule has 0 aromatic rings. The number of nitrogens with zero attached hydrogens (tertiary/aromatic N) is 2. The van der Waals surface area contributed by atoms with Crippen molar-refractivity contribution in [3.05, 3.63) is 0 Å². The van der Waals surface area contributed by atoms with E-state index in [1.54, 1.807) is 4.90 Å². The molecule has 1 heterocycles. The summed E-state index contributed by atoms with van der Waals surface area (Å²) in [5, 5.41) is 9.14. The van der Waals surface area contributed by atoms with E-state index in [1.165, 1.54) is 6.92 Å². The zero-order chi connectivity index (χ0) is 10.7. The third kappa shape index (κ3) is 2.69. The lowest BCUT2D eigenvalue weighted by Gasteiger charge is -2.37. The first-order valence-electron chi connectivity index (χ1n) is 5.23. The third-order valence-corrected chi connectivity index (χ3v) is 2.71. The van der Waals surface area contributed by atoms with Crippen LogP contribution in [0.15, 0.2) is 0 Å². The molecule has 14 heavy (non-hydrogen) atoms. The lowest BCUT2D eigenvalue weighted by molar-refractivity contribution is -0.141. The zero-order valence-electron chi connectivity index (χ0n) is 9.23. The van der Waals surface area contributed by atoms with Gasteiger partial charge in [-0.05, 0) is 20.8 Å². The highest BCUT2D eigenvalue weighted by Crippen LogP contribution is 2.06. The second-order valence-electron chi connectivity index (χ2n) is 4.13. The van der Waals surface area contributed by atoms with Crippen LogP contribution >= 0.6 is 0 Å². The molecule has 4 heteroatoms. The fraction of sp³-hybridized carbons (Fsp3) is 0.900. The summed E-state index contributed by atoms with van der Waals surface area (Å²) in [7, 11) is 0. The molecule has 1 atom stereocenters. The summed E-state index contributed by atoms with van der Waals surface area (Å²) in [5.74, 6) is -0.145. The fourth-order valence-electron chi connectivity index (χ4n) is 1.72. The third-order valence-electron chi connectivity index (χ3n) is 2.71. The molecule has 4 nitrogen and oxygen atoms in total. The monoisotopic (exact) mass is 200 g/mol. The van der Waals surface area contributed by atoms with Crippen LogP contribution in [0.5, 0.6) is 0 Å². The molecule has 1 N–H and O–H groups in total. The predicted octanol–water partition coefficient (Wildman–Crippen LogP) is -0.0802. The molecule has 1 fully saturated rings. The minimum Gasteiger partial charge on any atom is -0.384 e. The number of hydrogen-bond acceptors (Lipinski definition) is 3. The highest BCUT2D eigenvalue weighted by Gasteiger charge is 2.24. The second kappa shape index (κ2) is 4.75. The van der Waals surface area contributed by atoms with Crippen molar-refractivity contribution in [3.8, 4) is 0 Å². The molecule has 0 aromatic heterocycles. The van der Waals surface area contributed by atoms with E-state index in [2.05, 4.69) is 18.7 Å². The lowest BCUT2D eigenvalue weighted by Crippen LogP contribution is -2.52. The highest BCUT2D eigenvalue weighted by molar-refractivity contribution is 5.80. The van der Waals surface area contributed by atoms with Gasteiger partial charge in [-0.25, -0.2) is 0 Å².